The fourth-order valence-electron chi connectivity index (χ4n) is 1.01. The van der Waals surface area contributed by atoms with Crippen LogP contribution < -0.4 is 0 Å². The third-order valence-electron chi connectivity index (χ3n) is 1.56. The van der Waals surface area contributed by atoms with Gasteiger partial charge in [-0.2, -0.15) is 4.37 Å². The van der Waals surface area contributed by atoms with Crippen molar-refractivity contribution in [1.82, 2.24) is 4.37 Å². The van der Waals surface area contributed by atoms with Gasteiger partial charge in [0, 0.05) is 5.38 Å². The molecule has 56 valence electrons. The molecule has 1 aromatic heterocycles. The average molecular weight is 155 g/mol. The van der Waals surface area contributed by atoms with Gasteiger partial charge in [-0.05, 0) is 29.4 Å². The maximum absolute atomic E-state index is 4.22. The van der Waals surface area contributed by atoms with E-state index in [4.69, 9.17) is 0 Å². The summed E-state index contributed by atoms with van der Waals surface area (Å²) in [4.78, 5) is 0. The van der Waals surface area contributed by atoms with Crippen molar-refractivity contribution in [2.75, 3.05) is 0 Å². The first kappa shape index (κ1) is 7.73. The van der Waals surface area contributed by atoms with Crippen molar-refractivity contribution in [3.63, 3.8) is 0 Å². The van der Waals surface area contributed by atoms with Crippen molar-refractivity contribution in [3.8, 4) is 0 Å². The summed E-state index contributed by atoms with van der Waals surface area (Å²) >= 11 is 1.54. The van der Waals surface area contributed by atoms with Crippen molar-refractivity contribution in [1.29, 1.82) is 0 Å². The Morgan fingerprint density at radius 1 is 1.40 bits per heavy atom. The predicted molar refractivity (Wildman–Crippen MR) is 45.6 cm³/mol. The standard InChI is InChI=1S/C8H13NS/c1-6-7(5-10-9-6)8(2,3)4/h5H,1-4H3. The SMILES string of the molecule is Cc1nscc1C(C)(C)C. The fraction of sp³-hybridized carbons (Fsp3) is 0.625. The quantitative estimate of drug-likeness (QED) is 0.561. The molecule has 1 rings (SSSR count). The first-order chi connectivity index (χ1) is 4.52. The maximum atomic E-state index is 4.22. The van der Waals surface area contributed by atoms with Crippen LogP contribution in [0.3, 0.4) is 0 Å². The third-order valence-corrected chi connectivity index (χ3v) is 2.28. The molecular formula is C8H13NS. The van der Waals surface area contributed by atoms with Crippen LogP contribution >= 0.6 is 11.5 Å². The molecule has 1 heterocycles. The van der Waals surface area contributed by atoms with E-state index in [0.717, 1.165) is 0 Å². The molecule has 0 spiro atoms. The van der Waals surface area contributed by atoms with Crippen molar-refractivity contribution in [2.24, 2.45) is 0 Å². The number of nitrogens with zero attached hydrogens (tertiary/aromatic N) is 1. The molecule has 0 saturated heterocycles. The second kappa shape index (κ2) is 2.35. The van der Waals surface area contributed by atoms with Gasteiger partial charge < -0.3 is 0 Å². The molecule has 0 saturated carbocycles. The Hall–Kier alpha value is -0.370. The van der Waals surface area contributed by atoms with Crippen LogP contribution in [-0.2, 0) is 5.41 Å². The van der Waals surface area contributed by atoms with E-state index in [0.29, 0.717) is 0 Å². The van der Waals surface area contributed by atoms with E-state index in [1.807, 2.05) is 0 Å². The molecule has 0 N–H and O–H groups in total. The Kier molecular flexibility index (Phi) is 1.82. The van der Waals surface area contributed by atoms with Gasteiger partial charge in [-0.25, -0.2) is 0 Å². The Morgan fingerprint density at radius 3 is 2.20 bits per heavy atom. The number of aryl methyl sites for hydroxylation is 1. The number of aromatic nitrogens is 1. The number of hydrogen-bond acceptors (Lipinski definition) is 2. The van der Waals surface area contributed by atoms with Crippen molar-refractivity contribution >= 4 is 11.5 Å². The Labute approximate surface area is 66.3 Å². The predicted octanol–water partition coefficient (Wildman–Crippen LogP) is 2.75. The lowest BCUT2D eigenvalue weighted by molar-refractivity contribution is 0.587. The number of rotatable bonds is 0. The second-order valence-electron chi connectivity index (χ2n) is 3.56. The molecule has 0 atom stereocenters. The smallest absolute Gasteiger partial charge is 0.0548 e. The summed E-state index contributed by atoms with van der Waals surface area (Å²) in [5, 5.41) is 2.13. The number of hydrogen-bond donors (Lipinski definition) is 0. The lowest BCUT2D eigenvalue weighted by Crippen LogP contribution is -2.11. The molecule has 10 heavy (non-hydrogen) atoms. The molecule has 0 aliphatic heterocycles. The van der Waals surface area contributed by atoms with Crippen LogP contribution in [0.5, 0.6) is 0 Å². The van der Waals surface area contributed by atoms with Crippen LogP contribution in [0.25, 0.3) is 0 Å². The highest BCUT2D eigenvalue weighted by molar-refractivity contribution is 7.03. The zero-order valence-electron chi connectivity index (χ0n) is 6.93. The molecule has 0 amide bonds. The van der Waals surface area contributed by atoms with Crippen LogP contribution in [0, 0.1) is 6.92 Å². The molecule has 2 heteroatoms. The second-order valence-corrected chi connectivity index (χ2v) is 4.19. The van der Waals surface area contributed by atoms with E-state index in [-0.39, 0.29) is 5.41 Å². The summed E-state index contributed by atoms with van der Waals surface area (Å²) in [6, 6.07) is 0. The zero-order valence-corrected chi connectivity index (χ0v) is 7.75. The highest BCUT2D eigenvalue weighted by Crippen LogP contribution is 2.25. The van der Waals surface area contributed by atoms with E-state index in [1.54, 1.807) is 11.5 Å². The normalized spacial score (nSPS) is 12.0. The van der Waals surface area contributed by atoms with E-state index in [9.17, 15) is 0 Å². The molecule has 0 aliphatic carbocycles. The Bertz CT molecular complexity index is 219. The van der Waals surface area contributed by atoms with Gasteiger partial charge in [0.05, 0.1) is 5.69 Å². The monoisotopic (exact) mass is 155 g/mol. The van der Waals surface area contributed by atoms with E-state index < -0.39 is 0 Å². The van der Waals surface area contributed by atoms with E-state index in [2.05, 4.69) is 37.4 Å². The topological polar surface area (TPSA) is 12.9 Å². The first-order valence-electron chi connectivity index (χ1n) is 3.43. The maximum Gasteiger partial charge on any atom is 0.0548 e. The van der Waals surface area contributed by atoms with Crippen LogP contribution in [0.15, 0.2) is 5.38 Å². The molecule has 0 bridgehead atoms. The van der Waals surface area contributed by atoms with Gasteiger partial charge >= 0.3 is 0 Å². The van der Waals surface area contributed by atoms with E-state index >= 15 is 0 Å². The molecule has 1 aromatic rings. The van der Waals surface area contributed by atoms with Crippen molar-refractivity contribution in [2.45, 2.75) is 33.1 Å². The minimum atomic E-state index is 0.261. The molecule has 0 unspecified atom stereocenters. The van der Waals surface area contributed by atoms with Crippen LogP contribution in [-0.4, -0.2) is 4.37 Å². The Morgan fingerprint density at radius 2 is 2.00 bits per heavy atom. The summed E-state index contributed by atoms with van der Waals surface area (Å²) in [5.41, 5.74) is 2.81. The van der Waals surface area contributed by atoms with Crippen LogP contribution in [0.2, 0.25) is 0 Å². The van der Waals surface area contributed by atoms with Gasteiger partial charge in [0.15, 0.2) is 0 Å². The molecule has 0 aliphatic rings. The van der Waals surface area contributed by atoms with Crippen LogP contribution in [0.1, 0.15) is 32.0 Å². The average Bonchev–Trinajstić information content (AvgIpc) is 2.11. The van der Waals surface area contributed by atoms with E-state index in [1.165, 1.54) is 11.3 Å². The lowest BCUT2D eigenvalue weighted by Gasteiger charge is -2.16. The summed E-state index contributed by atoms with van der Waals surface area (Å²) in [6.07, 6.45) is 0. The molecule has 0 fully saturated rings. The van der Waals surface area contributed by atoms with Gasteiger partial charge in [0.25, 0.3) is 0 Å². The first-order valence-corrected chi connectivity index (χ1v) is 4.27. The molecular weight excluding hydrogens is 142 g/mol. The summed E-state index contributed by atoms with van der Waals surface area (Å²) in [7, 11) is 0. The van der Waals surface area contributed by atoms with Gasteiger partial charge in [0.1, 0.15) is 0 Å². The van der Waals surface area contributed by atoms with Gasteiger partial charge in [-0.1, -0.05) is 20.8 Å². The Balaban J connectivity index is 3.05. The summed E-state index contributed by atoms with van der Waals surface area (Å²) < 4.78 is 4.22. The molecule has 0 aromatic carbocycles. The van der Waals surface area contributed by atoms with Crippen LogP contribution in [0.4, 0.5) is 0 Å². The molecule has 1 nitrogen and oxygen atoms in total. The minimum Gasteiger partial charge on any atom is -0.198 e. The summed E-state index contributed by atoms with van der Waals surface area (Å²) in [5.74, 6) is 0. The van der Waals surface area contributed by atoms with Gasteiger partial charge in [0.2, 0.25) is 0 Å². The van der Waals surface area contributed by atoms with Crippen molar-refractivity contribution < 1.29 is 0 Å². The lowest BCUT2D eigenvalue weighted by atomic mass is 9.88. The van der Waals surface area contributed by atoms with Gasteiger partial charge in [-0.15, -0.1) is 0 Å². The fourth-order valence-corrected chi connectivity index (χ4v) is 1.95. The van der Waals surface area contributed by atoms with Crippen molar-refractivity contribution in [3.05, 3.63) is 16.6 Å². The summed E-state index contributed by atoms with van der Waals surface area (Å²) in [6.45, 7) is 8.70. The minimum absolute atomic E-state index is 0.261. The zero-order chi connectivity index (χ0) is 7.78. The van der Waals surface area contributed by atoms with Gasteiger partial charge in [-0.3, -0.25) is 0 Å². The largest absolute Gasteiger partial charge is 0.198 e. The highest BCUT2D eigenvalue weighted by Gasteiger charge is 2.17. The highest BCUT2D eigenvalue weighted by atomic mass is 32.1. The third kappa shape index (κ3) is 1.37. The molecule has 0 radical (unpaired) electrons.